The minimum atomic E-state index is -0.323. The standard InChI is InChI=1S/C21H26N4O2/c26-20-15-25(14-17(20)12-18-13-22-8-9-23-18)19-6-10-24(11-7-19)21(27)16-4-2-1-3-5-16/h1-5,8-9,13,17,19-20,26H,6-7,10-12,14-15H2/t17-,20-/m1/s1. The first-order chi connectivity index (χ1) is 13.2. The van der Waals surface area contributed by atoms with Gasteiger partial charge < -0.3 is 10.0 Å². The van der Waals surface area contributed by atoms with Gasteiger partial charge in [0.15, 0.2) is 0 Å². The molecule has 1 amide bonds. The third kappa shape index (κ3) is 4.17. The maximum absolute atomic E-state index is 12.6. The van der Waals surface area contributed by atoms with Crippen LogP contribution < -0.4 is 0 Å². The minimum Gasteiger partial charge on any atom is -0.391 e. The second kappa shape index (κ2) is 8.15. The lowest BCUT2D eigenvalue weighted by molar-refractivity contribution is 0.0627. The van der Waals surface area contributed by atoms with Gasteiger partial charge in [0, 0.05) is 62.3 Å². The average Bonchev–Trinajstić information content (AvgIpc) is 3.09. The van der Waals surface area contributed by atoms with Crippen molar-refractivity contribution in [3.63, 3.8) is 0 Å². The maximum atomic E-state index is 12.6. The van der Waals surface area contributed by atoms with Crippen molar-refractivity contribution in [3.8, 4) is 0 Å². The van der Waals surface area contributed by atoms with Crippen molar-refractivity contribution < 1.29 is 9.90 Å². The van der Waals surface area contributed by atoms with Gasteiger partial charge >= 0.3 is 0 Å². The van der Waals surface area contributed by atoms with E-state index in [1.807, 2.05) is 35.2 Å². The highest BCUT2D eigenvalue weighted by molar-refractivity contribution is 5.94. The lowest BCUT2D eigenvalue weighted by Crippen LogP contribution is -2.46. The Kier molecular flexibility index (Phi) is 5.45. The van der Waals surface area contributed by atoms with Crippen LogP contribution in [0.15, 0.2) is 48.9 Å². The molecule has 2 fully saturated rings. The molecule has 3 heterocycles. The SMILES string of the molecule is O=C(c1ccccc1)N1CCC(N2C[C@@H](Cc3cnccn3)[C@H](O)C2)CC1. The molecule has 2 aliphatic heterocycles. The lowest BCUT2D eigenvalue weighted by Gasteiger charge is -2.36. The first-order valence-corrected chi connectivity index (χ1v) is 9.72. The highest BCUT2D eigenvalue weighted by Gasteiger charge is 2.37. The number of amides is 1. The fourth-order valence-corrected chi connectivity index (χ4v) is 4.29. The van der Waals surface area contributed by atoms with E-state index in [4.69, 9.17) is 0 Å². The molecule has 0 unspecified atom stereocenters. The fourth-order valence-electron chi connectivity index (χ4n) is 4.29. The van der Waals surface area contributed by atoms with E-state index in [1.165, 1.54) is 0 Å². The Bertz CT molecular complexity index is 747. The summed E-state index contributed by atoms with van der Waals surface area (Å²) in [4.78, 5) is 25.4. The molecule has 142 valence electrons. The van der Waals surface area contributed by atoms with E-state index in [2.05, 4.69) is 14.9 Å². The number of aromatic nitrogens is 2. The molecule has 0 radical (unpaired) electrons. The summed E-state index contributed by atoms with van der Waals surface area (Å²) in [7, 11) is 0. The number of nitrogens with zero attached hydrogens (tertiary/aromatic N) is 4. The molecule has 2 aliphatic rings. The Labute approximate surface area is 159 Å². The average molecular weight is 366 g/mol. The molecule has 0 aliphatic carbocycles. The quantitative estimate of drug-likeness (QED) is 0.890. The van der Waals surface area contributed by atoms with Gasteiger partial charge in [0.05, 0.1) is 11.8 Å². The van der Waals surface area contributed by atoms with Crippen LogP contribution in [0.4, 0.5) is 0 Å². The number of aliphatic hydroxyl groups is 1. The minimum absolute atomic E-state index is 0.121. The summed E-state index contributed by atoms with van der Waals surface area (Å²) in [5.41, 5.74) is 1.70. The number of hydrogen-bond donors (Lipinski definition) is 1. The van der Waals surface area contributed by atoms with Crippen LogP contribution >= 0.6 is 0 Å². The van der Waals surface area contributed by atoms with Crippen LogP contribution in [0.3, 0.4) is 0 Å². The van der Waals surface area contributed by atoms with Crippen molar-refractivity contribution >= 4 is 5.91 Å². The molecule has 2 saturated heterocycles. The van der Waals surface area contributed by atoms with Crippen LogP contribution in [0.25, 0.3) is 0 Å². The number of piperidine rings is 1. The highest BCUT2D eigenvalue weighted by Crippen LogP contribution is 2.27. The smallest absolute Gasteiger partial charge is 0.253 e. The van der Waals surface area contributed by atoms with Crippen molar-refractivity contribution in [3.05, 3.63) is 60.2 Å². The third-order valence-electron chi connectivity index (χ3n) is 5.81. The van der Waals surface area contributed by atoms with Crippen molar-refractivity contribution in [2.24, 2.45) is 5.92 Å². The molecule has 1 aromatic heterocycles. The van der Waals surface area contributed by atoms with Crippen molar-refractivity contribution in [2.45, 2.75) is 31.4 Å². The monoisotopic (exact) mass is 366 g/mol. The van der Waals surface area contributed by atoms with Crippen molar-refractivity contribution in [2.75, 3.05) is 26.2 Å². The van der Waals surface area contributed by atoms with E-state index < -0.39 is 0 Å². The van der Waals surface area contributed by atoms with Gasteiger partial charge in [-0.15, -0.1) is 0 Å². The van der Waals surface area contributed by atoms with Gasteiger partial charge in [-0.25, -0.2) is 0 Å². The highest BCUT2D eigenvalue weighted by atomic mass is 16.3. The summed E-state index contributed by atoms with van der Waals surface area (Å²) >= 11 is 0. The zero-order valence-electron chi connectivity index (χ0n) is 15.4. The molecule has 1 aromatic carbocycles. The second-order valence-electron chi connectivity index (χ2n) is 7.57. The van der Waals surface area contributed by atoms with Gasteiger partial charge in [-0.1, -0.05) is 18.2 Å². The van der Waals surface area contributed by atoms with Crippen LogP contribution in [0.5, 0.6) is 0 Å². The Morgan fingerprint density at radius 2 is 1.89 bits per heavy atom. The summed E-state index contributed by atoms with van der Waals surface area (Å²) in [5.74, 6) is 0.321. The van der Waals surface area contributed by atoms with E-state index in [0.717, 1.165) is 50.2 Å². The first kappa shape index (κ1) is 18.1. The van der Waals surface area contributed by atoms with Gasteiger partial charge in [-0.05, 0) is 31.4 Å². The van der Waals surface area contributed by atoms with E-state index in [0.29, 0.717) is 12.6 Å². The maximum Gasteiger partial charge on any atom is 0.253 e. The predicted molar refractivity (Wildman–Crippen MR) is 102 cm³/mol. The number of carbonyl (C=O) groups excluding carboxylic acids is 1. The summed E-state index contributed by atoms with van der Waals surface area (Å²) in [5, 5.41) is 10.5. The largest absolute Gasteiger partial charge is 0.391 e. The Morgan fingerprint density at radius 1 is 1.11 bits per heavy atom. The van der Waals surface area contributed by atoms with Crippen LogP contribution in [0, 0.1) is 5.92 Å². The van der Waals surface area contributed by atoms with Crippen LogP contribution in [0.2, 0.25) is 0 Å². The van der Waals surface area contributed by atoms with Crippen LogP contribution in [0.1, 0.15) is 28.9 Å². The number of hydrogen-bond acceptors (Lipinski definition) is 5. The van der Waals surface area contributed by atoms with Gasteiger partial charge in [0.1, 0.15) is 0 Å². The van der Waals surface area contributed by atoms with Crippen molar-refractivity contribution in [1.29, 1.82) is 0 Å². The zero-order chi connectivity index (χ0) is 18.6. The number of carbonyl (C=O) groups is 1. The molecule has 0 bridgehead atoms. The summed E-state index contributed by atoms with van der Waals surface area (Å²) in [6.45, 7) is 3.15. The molecular weight excluding hydrogens is 340 g/mol. The predicted octanol–water partition coefficient (Wildman–Crippen LogP) is 1.62. The number of β-amino-alcohol motifs (C(OH)–C–C–N with tert-alkyl or cyclic N) is 1. The number of benzene rings is 1. The fraction of sp³-hybridized carbons (Fsp3) is 0.476. The summed E-state index contributed by atoms with van der Waals surface area (Å²) in [6, 6.07) is 9.93. The molecule has 0 spiro atoms. The van der Waals surface area contributed by atoms with Crippen LogP contribution in [-0.2, 0) is 6.42 Å². The molecule has 0 saturated carbocycles. The Balaban J connectivity index is 1.30. The van der Waals surface area contributed by atoms with Gasteiger partial charge in [-0.2, -0.15) is 0 Å². The molecule has 1 N–H and O–H groups in total. The molecule has 6 nitrogen and oxygen atoms in total. The first-order valence-electron chi connectivity index (χ1n) is 9.72. The number of rotatable bonds is 4. The van der Waals surface area contributed by atoms with E-state index in [9.17, 15) is 9.90 Å². The number of likely N-dealkylation sites (tertiary alicyclic amines) is 2. The number of aliphatic hydroxyl groups excluding tert-OH is 1. The van der Waals surface area contributed by atoms with E-state index in [-0.39, 0.29) is 17.9 Å². The normalized spacial score (nSPS) is 24.3. The summed E-state index contributed by atoms with van der Waals surface area (Å²) < 4.78 is 0. The zero-order valence-corrected chi connectivity index (χ0v) is 15.4. The molecule has 2 aromatic rings. The molecule has 27 heavy (non-hydrogen) atoms. The van der Waals surface area contributed by atoms with E-state index in [1.54, 1.807) is 18.6 Å². The van der Waals surface area contributed by atoms with E-state index >= 15 is 0 Å². The van der Waals surface area contributed by atoms with Gasteiger partial charge in [-0.3, -0.25) is 19.7 Å². The Morgan fingerprint density at radius 3 is 2.59 bits per heavy atom. The molecular formula is C21H26N4O2. The van der Waals surface area contributed by atoms with Gasteiger partial charge in [0.25, 0.3) is 5.91 Å². The topological polar surface area (TPSA) is 69.6 Å². The summed E-state index contributed by atoms with van der Waals surface area (Å²) in [6.07, 6.45) is 7.52. The molecule has 6 heteroatoms. The molecule has 4 rings (SSSR count). The second-order valence-corrected chi connectivity index (χ2v) is 7.57. The lowest BCUT2D eigenvalue weighted by atomic mass is 10.00. The van der Waals surface area contributed by atoms with Crippen molar-refractivity contribution in [1.82, 2.24) is 19.8 Å². The van der Waals surface area contributed by atoms with Crippen LogP contribution in [-0.4, -0.2) is 69.1 Å². The van der Waals surface area contributed by atoms with Gasteiger partial charge in [0.2, 0.25) is 0 Å². The third-order valence-corrected chi connectivity index (χ3v) is 5.81. The Hall–Kier alpha value is -2.31. The molecule has 2 atom stereocenters.